The van der Waals surface area contributed by atoms with Crippen LogP contribution in [0.15, 0.2) is 5.10 Å². The number of nitrogens with zero attached hydrogens (tertiary/aromatic N) is 1. The van der Waals surface area contributed by atoms with E-state index in [1.165, 1.54) is 39.0 Å². The minimum absolute atomic E-state index is 0.0953. The van der Waals surface area contributed by atoms with Crippen LogP contribution in [-0.2, 0) is 4.79 Å². The molecule has 0 aliphatic heterocycles. The Morgan fingerprint density at radius 1 is 1.42 bits per heavy atom. The Morgan fingerprint density at radius 3 is 2.67 bits per heavy atom. The number of rotatable bonds is 2. The number of hydrazone groups is 1. The Morgan fingerprint density at radius 2 is 2.08 bits per heavy atom. The smallest absolute Gasteiger partial charge is 0.236 e. The summed E-state index contributed by atoms with van der Waals surface area (Å²) >= 11 is 0. The van der Waals surface area contributed by atoms with E-state index in [4.69, 9.17) is 0 Å². The highest BCUT2D eigenvalue weighted by Crippen LogP contribution is 2.21. The van der Waals surface area contributed by atoms with Crippen LogP contribution in [0.1, 0.15) is 39.0 Å². The van der Waals surface area contributed by atoms with Crippen LogP contribution in [0.2, 0.25) is 0 Å². The lowest BCUT2D eigenvalue weighted by Crippen LogP contribution is -2.15. The fraction of sp³-hybridized carbons (Fsp3) is 0.778. The average Bonchev–Trinajstić information content (AvgIpc) is 2.05. The fourth-order valence-corrected chi connectivity index (χ4v) is 1.52. The Kier molecular flexibility index (Phi) is 3.77. The molecule has 68 valence electrons. The highest BCUT2D eigenvalue weighted by Gasteiger charge is 2.10. The Bertz CT molecular complexity index is 171. The molecule has 0 atom stereocenters. The normalized spacial score (nSPS) is 19.8. The van der Waals surface area contributed by atoms with Crippen molar-refractivity contribution in [3.63, 3.8) is 0 Å². The topological polar surface area (TPSA) is 41.5 Å². The molecule has 0 spiro atoms. The predicted molar refractivity (Wildman–Crippen MR) is 48.9 cm³/mol. The monoisotopic (exact) mass is 168 g/mol. The van der Waals surface area contributed by atoms with Crippen LogP contribution in [0.25, 0.3) is 0 Å². The van der Waals surface area contributed by atoms with E-state index < -0.39 is 0 Å². The van der Waals surface area contributed by atoms with Crippen LogP contribution in [-0.4, -0.2) is 12.1 Å². The van der Waals surface area contributed by atoms with E-state index in [1.807, 2.05) is 6.21 Å². The molecule has 0 aromatic rings. The standard InChI is InChI=1S/C9H16N2O/c1-8(12)11-10-7-9-5-3-2-4-6-9/h7,9H,2-6H2,1H3,(H,11,12). The predicted octanol–water partition coefficient (Wildman–Crippen LogP) is 1.69. The minimum atomic E-state index is -0.0953. The van der Waals surface area contributed by atoms with Gasteiger partial charge in [0.05, 0.1) is 0 Å². The number of carbonyl (C=O) groups excluding carboxylic acids is 1. The third-order valence-corrected chi connectivity index (χ3v) is 2.16. The van der Waals surface area contributed by atoms with Crippen LogP contribution in [0.5, 0.6) is 0 Å². The van der Waals surface area contributed by atoms with Crippen molar-refractivity contribution in [3.8, 4) is 0 Å². The summed E-state index contributed by atoms with van der Waals surface area (Å²) < 4.78 is 0. The third kappa shape index (κ3) is 3.51. The van der Waals surface area contributed by atoms with Crippen molar-refractivity contribution in [2.45, 2.75) is 39.0 Å². The van der Waals surface area contributed by atoms with Gasteiger partial charge in [0, 0.05) is 13.1 Å². The molecule has 3 nitrogen and oxygen atoms in total. The first-order valence-corrected chi connectivity index (χ1v) is 4.59. The fourth-order valence-electron chi connectivity index (χ4n) is 1.52. The first-order chi connectivity index (χ1) is 5.79. The summed E-state index contributed by atoms with van der Waals surface area (Å²) in [7, 11) is 0. The molecule has 1 fully saturated rings. The van der Waals surface area contributed by atoms with Gasteiger partial charge in [-0.15, -0.1) is 0 Å². The van der Waals surface area contributed by atoms with Crippen molar-refractivity contribution in [1.29, 1.82) is 0 Å². The van der Waals surface area contributed by atoms with Gasteiger partial charge in [0.2, 0.25) is 5.91 Å². The molecule has 3 heteroatoms. The summed E-state index contributed by atoms with van der Waals surface area (Å²) in [5.74, 6) is 0.493. The molecule has 0 heterocycles. The van der Waals surface area contributed by atoms with Crippen LogP contribution in [0.4, 0.5) is 0 Å². The zero-order valence-corrected chi connectivity index (χ0v) is 7.55. The first kappa shape index (κ1) is 9.23. The summed E-state index contributed by atoms with van der Waals surface area (Å²) in [5, 5.41) is 3.87. The van der Waals surface area contributed by atoms with E-state index >= 15 is 0 Å². The van der Waals surface area contributed by atoms with Gasteiger partial charge in [0.25, 0.3) is 0 Å². The molecule has 1 rings (SSSR count). The van der Waals surface area contributed by atoms with Gasteiger partial charge in [0.1, 0.15) is 0 Å². The second-order valence-electron chi connectivity index (χ2n) is 3.34. The number of nitrogens with one attached hydrogen (secondary N) is 1. The third-order valence-electron chi connectivity index (χ3n) is 2.16. The van der Waals surface area contributed by atoms with E-state index in [-0.39, 0.29) is 5.91 Å². The molecule has 0 radical (unpaired) electrons. The molecule has 1 N–H and O–H groups in total. The molecule has 0 aromatic heterocycles. The highest BCUT2D eigenvalue weighted by molar-refractivity contribution is 5.74. The molecule has 0 bridgehead atoms. The molecule has 1 aliphatic rings. The molecule has 12 heavy (non-hydrogen) atoms. The quantitative estimate of drug-likeness (QED) is 0.494. The summed E-state index contributed by atoms with van der Waals surface area (Å²) in [6.07, 6.45) is 8.28. The van der Waals surface area contributed by atoms with Gasteiger partial charge in [-0.3, -0.25) is 4.79 Å². The van der Waals surface area contributed by atoms with Crippen molar-refractivity contribution in [2.75, 3.05) is 0 Å². The Labute approximate surface area is 73.2 Å². The van der Waals surface area contributed by atoms with Crippen LogP contribution in [0.3, 0.4) is 0 Å². The summed E-state index contributed by atoms with van der Waals surface area (Å²) in [5.41, 5.74) is 2.42. The maximum Gasteiger partial charge on any atom is 0.236 e. The van der Waals surface area contributed by atoms with E-state index in [0.717, 1.165) is 0 Å². The molecule has 1 aliphatic carbocycles. The average molecular weight is 168 g/mol. The second kappa shape index (κ2) is 4.91. The largest absolute Gasteiger partial charge is 0.274 e. The molecular weight excluding hydrogens is 152 g/mol. The summed E-state index contributed by atoms with van der Waals surface area (Å²) in [6, 6.07) is 0. The lowest BCUT2D eigenvalue weighted by Gasteiger charge is -2.16. The van der Waals surface area contributed by atoms with Gasteiger partial charge in [0.15, 0.2) is 0 Å². The lowest BCUT2D eigenvalue weighted by atomic mass is 9.90. The number of hydrogen-bond donors (Lipinski definition) is 1. The molecule has 1 saturated carbocycles. The number of carbonyl (C=O) groups is 1. The zero-order valence-electron chi connectivity index (χ0n) is 7.55. The van der Waals surface area contributed by atoms with Crippen molar-refractivity contribution in [2.24, 2.45) is 11.0 Å². The van der Waals surface area contributed by atoms with Crippen molar-refractivity contribution in [3.05, 3.63) is 0 Å². The Balaban J connectivity index is 2.19. The molecule has 1 amide bonds. The van der Waals surface area contributed by atoms with E-state index in [9.17, 15) is 4.79 Å². The number of hydrogen-bond acceptors (Lipinski definition) is 2. The molecule has 0 aromatic carbocycles. The maximum atomic E-state index is 10.5. The molecule has 0 saturated heterocycles. The SMILES string of the molecule is CC(=O)NN=CC1CCCCC1. The van der Waals surface area contributed by atoms with Crippen molar-refractivity contribution >= 4 is 12.1 Å². The highest BCUT2D eigenvalue weighted by atomic mass is 16.2. The van der Waals surface area contributed by atoms with Crippen LogP contribution < -0.4 is 5.43 Å². The first-order valence-electron chi connectivity index (χ1n) is 4.59. The van der Waals surface area contributed by atoms with Gasteiger partial charge >= 0.3 is 0 Å². The lowest BCUT2D eigenvalue weighted by molar-refractivity contribution is -0.118. The zero-order chi connectivity index (χ0) is 8.81. The molecule has 0 unspecified atom stereocenters. The van der Waals surface area contributed by atoms with Gasteiger partial charge < -0.3 is 0 Å². The number of amides is 1. The van der Waals surface area contributed by atoms with E-state index in [1.54, 1.807) is 0 Å². The van der Waals surface area contributed by atoms with Crippen LogP contribution >= 0.6 is 0 Å². The second-order valence-corrected chi connectivity index (χ2v) is 3.34. The summed E-state index contributed by atoms with van der Waals surface area (Å²) in [6.45, 7) is 1.47. The maximum absolute atomic E-state index is 10.5. The van der Waals surface area contributed by atoms with Gasteiger partial charge in [-0.2, -0.15) is 5.10 Å². The van der Waals surface area contributed by atoms with E-state index in [2.05, 4.69) is 10.5 Å². The summed E-state index contributed by atoms with van der Waals surface area (Å²) in [4.78, 5) is 10.5. The van der Waals surface area contributed by atoms with Gasteiger partial charge in [-0.1, -0.05) is 19.3 Å². The van der Waals surface area contributed by atoms with E-state index in [0.29, 0.717) is 5.92 Å². The van der Waals surface area contributed by atoms with Gasteiger partial charge in [-0.05, 0) is 18.8 Å². The van der Waals surface area contributed by atoms with Crippen molar-refractivity contribution in [1.82, 2.24) is 5.43 Å². The van der Waals surface area contributed by atoms with Gasteiger partial charge in [-0.25, -0.2) is 5.43 Å². The Hall–Kier alpha value is -0.860. The minimum Gasteiger partial charge on any atom is -0.274 e. The van der Waals surface area contributed by atoms with Crippen molar-refractivity contribution < 1.29 is 4.79 Å². The van der Waals surface area contributed by atoms with Crippen LogP contribution in [0, 0.1) is 5.92 Å². The molecular formula is C9H16N2O.